The van der Waals surface area contributed by atoms with Crippen LogP contribution in [0.15, 0.2) is 0 Å². The van der Waals surface area contributed by atoms with E-state index < -0.39 is 0 Å². The van der Waals surface area contributed by atoms with Crippen molar-refractivity contribution in [2.45, 2.75) is 64.5 Å². The molecule has 2 aliphatic heterocycles. The van der Waals surface area contributed by atoms with Crippen molar-refractivity contribution < 1.29 is 0 Å². The standard InChI is InChI=1S/C14H28N2/c1-12-7-8-15-14(10-12)11-16-9-5-3-4-6-13(16)2/h12-15H,3-11H2,1-2H3. The highest BCUT2D eigenvalue weighted by molar-refractivity contribution is 4.82. The Morgan fingerprint density at radius 1 is 1.12 bits per heavy atom. The highest BCUT2D eigenvalue weighted by Crippen LogP contribution is 2.20. The fraction of sp³-hybridized carbons (Fsp3) is 1.00. The molecule has 0 bridgehead atoms. The summed E-state index contributed by atoms with van der Waals surface area (Å²) in [4.78, 5) is 2.72. The third-order valence-corrected chi connectivity index (χ3v) is 4.40. The van der Waals surface area contributed by atoms with Crippen molar-refractivity contribution in [2.24, 2.45) is 5.92 Å². The van der Waals surface area contributed by atoms with E-state index in [0.717, 1.165) is 18.0 Å². The van der Waals surface area contributed by atoms with Crippen molar-refractivity contribution in [3.63, 3.8) is 0 Å². The maximum atomic E-state index is 3.70. The SMILES string of the molecule is CC1CCNC(CN2CCCCCC2C)C1. The summed E-state index contributed by atoms with van der Waals surface area (Å²) in [5.41, 5.74) is 0. The number of likely N-dealkylation sites (tertiary alicyclic amines) is 1. The Kier molecular flexibility index (Phi) is 4.66. The maximum Gasteiger partial charge on any atom is 0.0197 e. The molecule has 2 aliphatic rings. The van der Waals surface area contributed by atoms with E-state index in [1.807, 2.05) is 0 Å². The molecule has 0 aromatic carbocycles. The lowest BCUT2D eigenvalue weighted by Gasteiger charge is -2.35. The van der Waals surface area contributed by atoms with Crippen LogP contribution in [0.25, 0.3) is 0 Å². The van der Waals surface area contributed by atoms with Crippen LogP contribution in [-0.2, 0) is 0 Å². The number of nitrogens with one attached hydrogen (secondary N) is 1. The molecule has 16 heavy (non-hydrogen) atoms. The number of rotatable bonds is 2. The van der Waals surface area contributed by atoms with Crippen LogP contribution in [0.2, 0.25) is 0 Å². The summed E-state index contributed by atoms with van der Waals surface area (Å²) in [5, 5.41) is 3.70. The average Bonchev–Trinajstić information content (AvgIpc) is 2.45. The van der Waals surface area contributed by atoms with Crippen LogP contribution in [-0.4, -0.2) is 36.6 Å². The Hall–Kier alpha value is -0.0800. The van der Waals surface area contributed by atoms with E-state index in [4.69, 9.17) is 0 Å². The van der Waals surface area contributed by atoms with E-state index in [2.05, 4.69) is 24.1 Å². The van der Waals surface area contributed by atoms with Crippen LogP contribution in [0, 0.1) is 5.92 Å². The molecule has 1 N–H and O–H groups in total. The monoisotopic (exact) mass is 224 g/mol. The molecule has 94 valence electrons. The zero-order valence-electron chi connectivity index (χ0n) is 11.0. The van der Waals surface area contributed by atoms with Gasteiger partial charge in [-0.3, -0.25) is 4.90 Å². The Labute approximate surface area is 101 Å². The Balaban J connectivity index is 1.82. The van der Waals surface area contributed by atoms with Gasteiger partial charge in [-0.2, -0.15) is 0 Å². The highest BCUT2D eigenvalue weighted by atomic mass is 15.2. The molecule has 2 nitrogen and oxygen atoms in total. The lowest BCUT2D eigenvalue weighted by molar-refractivity contribution is 0.168. The molecular weight excluding hydrogens is 196 g/mol. The molecule has 2 heteroatoms. The lowest BCUT2D eigenvalue weighted by Crippen LogP contribution is -2.47. The highest BCUT2D eigenvalue weighted by Gasteiger charge is 2.23. The number of hydrogen-bond acceptors (Lipinski definition) is 2. The molecule has 0 aromatic heterocycles. The normalized spacial score (nSPS) is 38.2. The largest absolute Gasteiger partial charge is 0.313 e. The van der Waals surface area contributed by atoms with E-state index in [0.29, 0.717) is 0 Å². The van der Waals surface area contributed by atoms with Gasteiger partial charge in [0.1, 0.15) is 0 Å². The van der Waals surface area contributed by atoms with Crippen LogP contribution >= 0.6 is 0 Å². The van der Waals surface area contributed by atoms with Gasteiger partial charge in [0.25, 0.3) is 0 Å². The first-order valence-corrected chi connectivity index (χ1v) is 7.23. The molecule has 0 spiro atoms. The van der Waals surface area contributed by atoms with Crippen LogP contribution in [0.1, 0.15) is 52.4 Å². The van der Waals surface area contributed by atoms with Crippen molar-refractivity contribution in [3.05, 3.63) is 0 Å². The first kappa shape index (κ1) is 12.4. The molecule has 0 radical (unpaired) electrons. The van der Waals surface area contributed by atoms with Crippen molar-refractivity contribution in [2.75, 3.05) is 19.6 Å². The molecule has 2 heterocycles. The number of hydrogen-bond donors (Lipinski definition) is 1. The van der Waals surface area contributed by atoms with Crippen LogP contribution in [0.4, 0.5) is 0 Å². The smallest absolute Gasteiger partial charge is 0.0197 e. The van der Waals surface area contributed by atoms with Crippen molar-refractivity contribution >= 4 is 0 Å². The molecule has 2 fully saturated rings. The Bertz CT molecular complexity index is 205. The molecule has 0 aliphatic carbocycles. The number of piperidine rings is 1. The van der Waals surface area contributed by atoms with Crippen molar-refractivity contribution in [3.8, 4) is 0 Å². The second-order valence-electron chi connectivity index (χ2n) is 5.97. The first-order valence-electron chi connectivity index (χ1n) is 7.23. The van der Waals surface area contributed by atoms with Gasteiger partial charge in [-0.15, -0.1) is 0 Å². The van der Waals surface area contributed by atoms with E-state index in [1.165, 1.54) is 58.2 Å². The summed E-state index contributed by atoms with van der Waals surface area (Å²) >= 11 is 0. The third-order valence-electron chi connectivity index (χ3n) is 4.40. The average molecular weight is 224 g/mol. The van der Waals surface area contributed by atoms with Gasteiger partial charge in [0.05, 0.1) is 0 Å². The van der Waals surface area contributed by atoms with Gasteiger partial charge in [0, 0.05) is 18.6 Å². The van der Waals surface area contributed by atoms with Crippen molar-refractivity contribution in [1.82, 2.24) is 10.2 Å². The fourth-order valence-electron chi connectivity index (χ4n) is 3.25. The summed E-state index contributed by atoms with van der Waals surface area (Å²) in [6, 6.07) is 1.56. The fourth-order valence-corrected chi connectivity index (χ4v) is 3.25. The molecule has 0 aromatic rings. The summed E-state index contributed by atoms with van der Waals surface area (Å²) in [7, 11) is 0. The minimum Gasteiger partial charge on any atom is -0.313 e. The molecule has 2 saturated heterocycles. The Morgan fingerprint density at radius 3 is 2.81 bits per heavy atom. The maximum absolute atomic E-state index is 3.70. The second-order valence-corrected chi connectivity index (χ2v) is 5.97. The van der Waals surface area contributed by atoms with E-state index >= 15 is 0 Å². The van der Waals surface area contributed by atoms with Gasteiger partial charge in [-0.05, 0) is 51.6 Å². The number of nitrogens with zero attached hydrogens (tertiary/aromatic N) is 1. The minimum atomic E-state index is 0.754. The van der Waals surface area contributed by atoms with Gasteiger partial charge in [0.2, 0.25) is 0 Å². The molecule has 2 rings (SSSR count). The predicted octanol–water partition coefficient (Wildman–Crippen LogP) is 2.64. The predicted molar refractivity (Wildman–Crippen MR) is 69.7 cm³/mol. The molecular formula is C14H28N2. The molecule has 0 saturated carbocycles. The van der Waals surface area contributed by atoms with Gasteiger partial charge < -0.3 is 5.32 Å². The van der Waals surface area contributed by atoms with Crippen molar-refractivity contribution in [1.29, 1.82) is 0 Å². The second kappa shape index (κ2) is 6.02. The van der Waals surface area contributed by atoms with Gasteiger partial charge in [-0.25, -0.2) is 0 Å². The van der Waals surface area contributed by atoms with Gasteiger partial charge in [-0.1, -0.05) is 19.8 Å². The molecule has 3 unspecified atom stereocenters. The van der Waals surface area contributed by atoms with Gasteiger partial charge >= 0.3 is 0 Å². The van der Waals surface area contributed by atoms with E-state index in [1.54, 1.807) is 0 Å². The summed E-state index contributed by atoms with van der Waals surface area (Å²) in [6.45, 7) is 8.66. The van der Waals surface area contributed by atoms with Crippen LogP contribution < -0.4 is 5.32 Å². The zero-order valence-corrected chi connectivity index (χ0v) is 11.0. The van der Waals surface area contributed by atoms with Crippen LogP contribution in [0.3, 0.4) is 0 Å². The summed E-state index contributed by atoms with van der Waals surface area (Å²) in [6.07, 6.45) is 8.44. The van der Waals surface area contributed by atoms with E-state index in [9.17, 15) is 0 Å². The Morgan fingerprint density at radius 2 is 2.00 bits per heavy atom. The van der Waals surface area contributed by atoms with Crippen LogP contribution in [0.5, 0.6) is 0 Å². The zero-order chi connectivity index (χ0) is 11.4. The summed E-state index contributed by atoms with van der Waals surface area (Å²) < 4.78 is 0. The molecule has 0 amide bonds. The topological polar surface area (TPSA) is 15.3 Å². The van der Waals surface area contributed by atoms with Gasteiger partial charge in [0.15, 0.2) is 0 Å². The summed E-state index contributed by atoms with van der Waals surface area (Å²) in [5.74, 6) is 0.925. The van der Waals surface area contributed by atoms with E-state index in [-0.39, 0.29) is 0 Å². The first-order chi connectivity index (χ1) is 7.75. The minimum absolute atomic E-state index is 0.754. The lowest BCUT2D eigenvalue weighted by atomic mass is 9.94. The quantitative estimate of drug-likeness (QED) is 0.776. The molecule has 3 atom stereocenters. The third kappa shape index (κ3) is 3.46.